The highest BCUT2D eigenvalue weighted by atomic mass is 32.2. The minimum absolute atomic E-state index is 0.0538. The van der Waals surface area contributed by atoms with Crippen LogP contribution in [0.1, 0.15) is 29.5 Å². The van der Waals surface area contributed by atoms with E-state index in [0.29, 0.717) is 25.2 Å². The molecule has 0 N–H and O–H groups in total. The molecular weight excluding hydrogens is 665 g/mol. The topological polar surface area (TPSA) is 109 Å². The molecule has 0 aliphatic carbocycles. The number of sulfonamides is 1. The number of alkyl halides is 3. The molecule has 49 heavy (non-hydrogen) atoms. The summed E-state index contributed by atoms with van der Waals surface area (Å²) in [6.07, 6.45) is -3.82. The van der Waals surface area contributed by atoms with Gasteiger partial charge in [-0.3, -0.25) is 9.69 Å². The van der Waals surface area contributed by atoms with Gasteiger partial charge in [0.15, 0.2) is 0 Å². The fraction of sp³-hybridized carbons (Fsp3) is 0.412. The molecule has 1 atom stereocenters. The third-order valence-electron chi connectivity index (χ3n) is 9.50. The van der Waals surface area contributed by atoms with E-state index in [2.05, 4.69) is 16.8 Å². The van der Waals surface area contributed by atoms with Gasteiger partial charge < -0.3 is 24.0 Å². The van der Waals surface area contributed by atoms with Gasteiger partial charge in [0.25, 0.3) is 15.9 Å². The molecule has 6 rings (SSSR count). The fourth-order valence-corrected chi connectivity index (χ4v) is 8.49. The summed E-state index contributed by atoms with van der Waals surface area (Å²) in [5.74, 6) is -1.40. The molecular formula is C34H37F3N4O7S. The van der Waals surface area contributed by atoms with Crippen molar-refractivity contribution in [2.75, 3.05) is 64.8 Å². The minimum atomic E-state index is -4.95. The van der Waals surface area contributed by atoms with Gasteiger partial charge in [-0.2, -0.15) is 17.5 Å². The highest BCUT2D eigenvalue weighted by molar-refractivity contribution is 7.93. The van der Waals surface area contributed by atoms with E-state index in [-0.39, 0.29) is 40.0 Å². The van der Waals surface area contributed by atoms with E-state index in [4.69, 9.17) is 14.2 Å². The van der Waals surface area contributed by atoms with Gasteiger partial charge in [0.2, 0.25) is 5.60 Å². The standard InChI is InChI=1S/C34H37F3N4O7S/c1-38-16-14-24(15-17-38)39-18-20-40(21-19-39)32(43)48-33(26-8-4-5-9-28(26)46-2)25-13-12-23(34(35,36)37)22-27(25)41(31(33)42)49(44,45)30-11-7-6-10-29(30)47-3/h4-13,22,24H,14-21H2,1-3H3. The number of methoxy groups -OCH3 is 2. The second-order valence-electron chi connectivity index (χ2n) is 12.3. The summed E-state index contributed by atoms with van der Waals surface area (Å²) in [6.45, 7) is 3.59. The molecule has 0 spiro atoms. The molecule has 3 aromatic rings. The zero-order valence-electron chi connectivity index (χ0n) is 27.3. The number of hydrogen-bond acceptors (Lipinski definition) is 9. The molecule has 15 heteroatoms. The monoisotopic (exact) mass is 702 g/mol. The van der Waals surface area contributed by atoms with Crippen LogP contribution < -0.4 is 13.8 Å². The fourth-order valence-electron chi connectivity index (χ4n) is 6.88. The predicted molar refractivity (Wildman–Crippen MR) is 173 cm³/mol. The molecule has 0 aromatic heterocycles. The molecule has 0 saturated carbocycles. The van der Waals surface area contributed by atoms with E-state index in [1.807, 2.05) is 0 Å². The van der Waals surface area contributed by atoms with Crippen LogP contribution in [0.3, 0.4) is 0 Å². The Hall–Kier alpha value is -4.34. The minimum Gasteiger partial charge on any atom is -0.496 e. The van der Waals surface area contributed by atoms with Crippen molar-refractivity contribution in [1.29, 1.82) is 0 Å². The number of likely N-dealkylation sites (tertiary alicyclic amines) is 1. The first kappa shape index (κ1) is 34.5. The third-order valence-corrected chi connectivity index (χ3v) is 11.2. The molecule has 2 saturated heterocycles. The van der Waals surface area contributed by atoms with Crippen LogP contribution in [0.4, 0.5) is 23.7 Å². The molecule has 0 bridgehead atoms. The number of rotatable bonds is 7. The second-order valence-corrected chi connectivity index (χ2v) is 14.0. The Morgan fingerprint density at radius 3 is 2.08 bits per heavy atom. The maximum Gasteiger partial charge on any atom is 0.416 e. The van der Waals surface area contributed by atoms with Crippen LogP contribution in [0, 0.1) is 0 Å². The van der Waals surface area contributed by atoms with Crippen molar-refractivity contribution in [2.45, 2.75) is 35.6 Å². The van der Waals surface area contributed by atoms with Crippen molar-refractivity contribution in [2.24, 2.45) is 0 Å². The maximum absolute atomic E-state index is 14.9. The Morgan fingerprint density at radius 1 is 0.837 bits per heavy atom. The smallest absolute Gasteiger partial charge is 0.416 e. The first-order valence-corrected chi connectivity index (χ1v) is 17.3. The van der Waals surface area contributed by atoms with Crippen molar-refractivity contribution < 1.29 is 45.4 Å². The van der Waals surface area contributed by atoms with E-state index >= 15 is 0 Å². The lowest BCUT2D eigenvalue weighted by Crippen LogP contribution is -2.55. The van der Waals surface area contributed by atoms with E-state index in [0.717, 1.165) is 38.1 Å². The number of ether oxygens (including phenoxy) is 3. The van der Waals surface area contributed by atoms with Crippen molar-refractivity contribution >= 4 is 27.7 Å². The number of carbonyl (C=O) groups excluding carboxylic acids is 2. The summed E-state index contributed by atoms with van der Waals surface area (Å²) >= 11 is 0. The first-order valence-electron chi connectivity index (χ1n) is 15.8. The predicted octanol–water partition coefficient (Wildman–Crippen LogP) is 4.55. The molecule has 3 aliphatic rings. The summed E-state index contributed by atoms with van der Waals surface area (Å²) in [7, 11) is -0.335. The Balaban J connectivity index is 1.46. The Morgan fingerprint density at radius 2 is 1.45 bits per heavy atom. The summed E-state index contributed by atoms with van der Waals surface area (Å²) in [4.78, 5) is 34.5. The summed E-state index contributed by atoms with van der Waals surface area (Å²) in [6, 6.07) is 14.1. The molecule has 3 aromatic carbocycles. The summed E-state index contributed by atoms with van der Waals surface area (Å²) in [5.41, 5.74) is -4.68. The number of benzene rings is 3. The zero-order chi connectivity index (χ0) is 35.1. The highest BCUT2D eigenvalue weighted by Crippen LogP contribution is 2.53. The Kier molecular flexibility index (Phi) is 9.28. The lowest BCUT2D eigenvalue weighted by atomic mass is 9.86. The van der Waals surface area contributed by atoms with Crippen molar-refractivity contribution in [3.8, 4) is 11.5 Å². The van der Waals surface area contributed by atoms with Gasteiger partial charge in [-0.05, 0) is 63.3 Å². The third kappa shape index (κ3) is 6.08. The van der Waals surface area contributed by atoms with Gasteiger partial charge in [-0.15, -0.1) is 0 Å². The van der Waals surface area contributed by atoms with Gasteiger partial charge >= 0.3 is 12.3 Å². The van der Waals surface area contributed by atoms with Gasteiger partial charge in [-0.1, -0.05) is 36.4 Å². The molecule has 0 radical (unpaired) electrons. The number of piperidine rings is 1. The average Bonchev–Trinajstić information content (AvgIpc) is 3.35. The number of halogens is 3. The van der Waals surface area contributed by atoms with Crippen LogP contribution in [0.15, 0.2) is 71.6 Å². The summed E-state index contributed by atoms with van der Waals surface area (Å²) < 4.78 is 88.3. The van der Waals surface area contributed by atoms with Crippen molar-refractivity contribution in [3.63, 3.8) is 0 Å². The van der Waals surface area contributed by atoms with E-state index in [1.54, 1.807) is 6.07 Å². The number of nitrogens with zero attached hydrogens (tertiary/aromatic N) is 4. The van der Waals surface area contributed by atoms with Gasteiger partial charge in [0.05, 0.1) is 31.0 Å². The molecule has 262 valence electrons. The van der Waals surface area contributed by atoms with Crippen LogP contribution in [-0.2, 0) is 31.3 Å². The molecule has 11 nitrogen and oxygen atoms in total. The second kappa shape index (κ2) is 13.2. The van der Waals surface area contributed by atoms with Crippen LogP contribution in [0.5, 0.6) is 11.5 Å². The zero-order valence-corrected chi connectivity index (χ0v) is 28.1. The average molecular weight is 703 g/mol. The van der Waals surface area contributed by atoms with Crippen LogP contribution >= 0.6 is 0 Å². The van der Waals surface area contributed by atoms with Crippen molar-refractivity contribution in [1.82, 2.24) is 14.7 Å². The van der Waals surface area contributed by atoms with Crippen LogP contribution in [0.25, 0.3) is 0 Å². The summed E-state index contributed by atoms with van der Waals surface area (Å²) in [5, 5.41) is 0. The van der Waals surface area contributed by atoms with E-state index in [1.165, 1.54) is 61.6 Å². The molecule has 3 aliphatic heterocycles. The number of fused-ring (bicyclic) bond motifs is 1. The lowest BCUT2D eigenvalue weighted by Gasteiger charge is -2.42. The number of piperazine rings is 1. The van der Waals surface area contributed by atoms with Crippen molar-refractivity contribution in [3.05, 3.63) is 83.4 Å². The van der Waals surface area contributed by atoms with Gasteiger partial charge in [0, 0.05) is 37.8 Å². The Labute approximate surface area is 282 Å². The van der Waals surface area contributed by atoms with Gasteiger partial charge in [-0.25, -0.2) is 13.2 Å². The van der Waals surface area contributed by atoms with Gasteiger partial charge in [0.1, 0.15) is 16.4 Å². The Bertz CT molecular complexity index is 1840. The van der Waals surface area contributed by atoms with Crippen LogP contribution in [0.2, 0.25) is 0 Å². The maximum atomic E-state index is 14.9. The number of carbonyl (C=O) groups is 2. The molecule has 2 amide bonds. The molecule has 3 heterocycles. The van der Waals surface area contributed by atoms with E-state index < -0.39 is 49.9 Å². The molecule has 1 unspecified atom stereocenters. The number of hydrogen-bond donors (Lipinski definition) is 0. The normalized spacial score (nSPS) is 21.1. The number of amides is 2. The largest absolute Gasteiger partial charge is 0.496 e. The molecule has 2 fully saturated rings. The lowest BCUT2D eigenvalue weighted by molar-refractivity contribution is -0.137. The van der Waals surface area contributed by atoms with E-state index in [9.17, 15) is 31.2 Å². The van der Waals surface area contributed by atoms with Crippen LogP contribution in [-0.4, -0.2) is 102 Å². The number of para-hydroxylation sites is 2. The first-order chi connectivity index (χ1) is 23.3. The highest BCUT2D eigenvalue weighted by Gasteiger charge is 2.61. The quantitative estimate of drug-likeness (QED) is 0.351. The number of anilines is 1. The SMILES string of the molecule is COc1ccccc1C1(OC(=O)N2CCN(C3CCN(C)CC3)CC2)C(=O)N(S(=O)(=O)c2ccccc2OC)c2cc(C(F)(F)F)ccc21.